The van der Waals surface area contributed by atoms with Crippen LogP contribution in [0.1, 0.15) is 33.1 Å². The zero-order valence-electron chi connectivity index (χ0n) is 7.07. The van der Waals surface area contributed by atoms with Gasteiger partial charge in [0.25, 0.3) is 0 Å². The van der Waals surface area contributed by atoms with Gasteiger partial charge in [-0.15, -0.1) is 0 Å². The number of rotatable bonds is 0. The average Bonchev–Trinajstić information content (AvgIpc) is 1.83. The van der Waals surface area contributed by atoms with Crippen LogP contribution < -0.4 is 0 Å². The Morgan fingerprint density at radius 3 is 2.50 bits per heavy atom. The Bertz CT molecular complexity index is 149. The van der Waals surface area contributed by atoms with Crippen LogP contribution in [0.5, 0.6) is 0 Å². The summed E-state index contributed by atoms with van der Waals surface area (Å²) >= 11 is 0. The quantitative estimate of drug-likeness (QED) is 0.546. The fraction of sp³-hybridized carbons (Fsp3) is 0.875. The van der Waals surface area contributed by atoms with Crippen molar-refractivity contribution < 1.29 is 0 Å². The predicted molar refractivity (Wildman–Crippen MR) is 43.4 cm³/mol. The van der Waals surface area contributed by atoms with E-state index in [9.17, 15) is 0 Å². The fourth-order valence-corrected chi connectivity index (χ4v) is 1.39. The van der Waals surface area contributed by atoms with Gasteiger partial charge in [-0.3, -0.25) is 5.41 Å². The molecule has 0 atom stereocenters. The third-order valence-electron chi connectivity index (χ3n) is 2.52. The summed E-state index contributed by atoms with van der Waals surface area (Å²) in [5.41, 5.74) is 0.218. The molecule has 0 unspecified atom stereocenters. The van der Waals surface area contributed by atoms with Gasteiger partial charge in [0.1, 0.15) is 0 Å². The molecule has 2 heteroatoms. The molecule has 2 nitrogen and oxygen atoms in total. The van der Waals surface area contributed by atoms with E-state index in [1.54, 1.807) is 0 Å². The minimum atomic E-state index is 0.218. The largest absolute Gasteiger partial charge is 0.358 e. The second kappa shape index (κ2) is 2.26. The van der Waals surface area contributed by atoms with Crippen LogP contribution in [-0.2, 0) is 0 Å². The van der Waals surface area contributed by atoms with Gasteiger partial charge in [0.05, 0.1) is 5.84 Å². The van der Waals surface area contributed by atoms with Crippen molar-refractivity contribution in [1.82, 2.24) is 4.90 Å². The molecule has 0 spiro atoms. The molecule has 1 fully saturated rings. The first kappa shape index (κ1) is 7.58. The first-order valence-electron chi connectivity index (χ1n) is 3.85. The van der Waals surface area contributed by atoms with Crippen molar-refractivity contribution in [2.24, 2.45) is 0 Å². The van der Waals surface area contributed by atoms with Gasteiger partial charge < -0.3 is 4.90 Å². The molecule has 0 aliphatic carbocycles. The van der Waals surface area contributed by atoms with Crippen LogP contribution in [0.4, 0.5) is 0 Å². The van der Waals surface area contributed by atoms with Crippen LogP contribution in [0.3, 0.4) is 0 Å². The Kier molecular flexibility index (Phi) is 1.71. The van der Waals surface area contributed by atoms with Gasteiger partial charge in [0.2, 0.25) is 0 Å². The van der Waals surface area contributed by atoms with Crippen LogP contribution in [0.2, 0.25) is 0 Å². The van der Waals surface area contributed by atoms with Gasteiger partial charge in [-0.25, -0.2) is 0 Å². The van der Waals surface area contributed by atoms with E-state index in [0.29, 0.717) is 0 Å². The van der Waals surface area contributed by atoms with Gasteiger partial charge in [-0.05, 0) is 26.7 Å². The fourth-order valence-electron chi connectivity index (χ4n) is 1.39. The number of piperidine rings is 1. The molecule has 58 valence electrons. The Hall–Kier alpha value is -0.530. The normalized spacial score (nSPS) is 25.1. The molecule has 1 N–H and O–H groups in total. The Morgan fingerprint density at radius 1 is 1.50 bits per heavy atom. The third-order valence-corrected chi connectivity index (χ3v) is 2.52. The molecule has 0 aromatic rings. The minimum Gasteiger partial charge on any atom is -0.358 e. The third kappa shape index (κ3) is 1.15. The van der Waals surface area contributed by atoms with Crippen molar-refractivity contribution in [3.05, 3.63) is 0 Å². The highest BCUT2D eigenvalue weighted by Gasteiger charge is 2.28. The lowest BCUT2D eigenvalue weighted by molar-refractivity contribution is 0.206. The summed E-state index contributed by atoms with van der Waals surface area (Å²) in [4.78, 5) is 2.08. The summed E-state index contributed by atoms with van der Waals surface area (Å²) in [6, 6.07) is 0. The van der Waals surface area contributed by atoms with E-state index in [1.807, 2.05) is 7.05 Å². The summed E-state index contributed by atoms with van der Waals surface area (Å²) in [5, 5.41) is 7.58. The van der Waals surface area contributed by atoms with Crippen molar-refractivity contribution >= 4 is 5.84 Å². The van der Waals surface area contributed by atoms with Crippen LogP contribution in [0.25, 0.3) is 0 Å². The number of hydrogen-bond donors (Lipinski definition) is 1. The number of nitrogens with one attached hydrogen (secondary N) is 1. The zero-order valence-corrected chi connectivity index (χ0v) is 7.07. The Balaban J connectivity index is 2.69. The molecule has 1 rings (SSSR count). The van der Waals surface area contributed by atoms with E-state index < -0.39 is 0 Å². The summed E-state index contributed by atoms with van der Waals surface area (Å²) in [6.45, 7) is 4.39. The van der Waals surface area contributed by atoms with E-state index >= 15 is 0 Å². The number of hydrogen-bond acceptors (Lipinski definition) is 1. The molecular formula is C8H16N2. The maximum atomic E-state index is 7.58. The standard InChI is InChI=1S/C8H16N2/c1-8(2)6-4-5-7(9)10(8)3/h9H,4-6H2,1-3H3. The molecule has 1 aliphatic rings. The van der Waals surface area contributed by atoms with Gasteiger partial charge in [-0.2, -0.15) is 0 Å². The SMILES string of the molecule is CN1C(=N)CCCC1(C)C. The lowest BCUT2D eigenvalue weighted by Crippen LogP contribution is -2.47. The maximum absolute atomic E-state index is 7.58. The maximum Gasteiger partial charge on any atom is 0.0959 e. The highest BCUT2D eigenvalue weighted by Crippen LogP contribution is 2.25. The van der Waals surface area contributed by atoms with Gasteiger partial charge in [0.15, 0.2) is 0 Å². The molecule has 0 amide bonds. The van der Waals surface area contributed by atoms with Crippen LogP contribution in [0, 0.1) is 5.41 Å². The number of nitrogens with zero attached hydrogens (tertiary/aromatic N) is 1. The summed E-state index contributed by atoms with van der Waals surface area (Å²) < 4.78 is 0. The van der Waals surface area contributed by atoms with Gasteiger partial charge in [-0.1, -0.05) is 0 Å². The van der Waals surface area contributed by atoms with E-state index in [2.05, 4.69) is 18.7 Å². The summed E-state index contributed by atoms with van der Waals surface area (Å²) in [6.07, 6.45) is 3.35. The first-order chi connectivity index (χ1) is 4.54. The van der Waals surface area contributed by atoms with E-state index in [4.69, 9.17) is 5.41 Å². The van der Waals surface area contributed by atoms with Crippen molar-refractivity contribution in [3.8, 4) is 0 Å². The lowest BCUT2D eigenvalue weighted by Gasteiger charge is -2.41. The second-order valence-corrected chi connectivity index (χ2v) is 3.67. The van der Waals surface area contributed by atoms with Gasteiger partial charge in [0, 0.05) is 19.0 Å². The summed E-state index contributed by atoms with van der Waals surface area (Å²) in [5.74, 6) is 0.788. The van der Waals surface area contributed by atoms with Crippen molar-refractivity contribution in [1.29, 1.82) is 5.41 Å². The number of amidine groups is 1. The molecular weight excluding hydrogens is 124 g/mol. The number of likely N-dealkylation sites (tertiary alicyclic amines) is 1. The van der Waals surface area contributed by atoms with Crippen molar-refractivity contribution in [3.63, 3.8) is 0 Å². The molecule has 0 bridgehead atoms. The second-order valence-electron chi connectivity index (χ2n) is 3.67. The smallest absolute Gasteiger partial charge is 0.0959 e. The molecule has 1 aliphatic heterocycles. The van der Waals surface area contributed by atoms with Crippen LogP contribution in [0.15, 0.2) is 0 Å². The highest BCUT2D eigenvalue weighted by atomic mass is 15.2. The van der Waals surface area contributed by atoms with Crippen LogP contribution >= 0.6 is 0 Å². The first-order valence-corrected chi connectivity index (χ1v) is 3.85. The predicted octanol–water partition coefficient (Wildman–Crippen LogP) is 1.86. The molecule has 0 aromatic heterocycles. The average molecular weight is 140 g/mol. The van der Waals surface area contributed by atoms with Gasteiger partial charge >= 0.3 is 0 Å². The Morgan fingerprint density at radius 2 is 2.10 bits per heavy atom. The topological polar surface area (TPSA) is 27.1 Å². The van der Waals surface area contributed by atoms with Crippen molar-refractivity contribution in [2.75, 3.05) is 7.05 Å². The summed E-state index contributed by atoms with van der Waals surface area (Å²) in [7, 11) is 2.02. The lowest BCUT2D eigenvalue weighted by atomic mass is 9.91. The molecule has 10 heavy (non-hydrogen) atoms. The van der Waals surface area contributed by atoms with E-state index in [0.717, 1.165) is 12.3 Å². The minimum absolute atomic E-state index is 0.218. The van der Waals surface area contributed by atoms with Crippen molar-refractivity contribution in [2.45, 2.75) is 38.6 Å². The Labute approximate surface area is 62.7 Å². The molecule has 1 heterocycles. The molecule has 0 aromatic carbocycles. The van der Waals surface area contributed by atoms with Crippen LogP contribution in [-0.4, -0.2) is 23.3 Å². The molecule has 1 saturated heterocycles. The zero-order chi connectivity index (χ0) is 7.78. The van der Waals surface area contributed by atoms with E-state index in [1.165, 1.54) is 12.8 Å². The highest BCUT2D eigenvalue weighted by molar-refractivity contribution is 5.80. The van der Waals surface area contributed by atoms with E-state index in [-0.39, 0.29) is 5.54 Å². The molecule has 0 saturated carbocycles. The molecule has 0 radical (unpaired) electrons. The monoisotopic (exact) mass is 140 g/mol.